The number of hydrogen-bond acceptors (Lipinski definition) is 2. The predicted molar refractivity (Wildman–Crippen MR) is 86.0 cm³/mol. The Morgan fingerprint density at radius 3 is 2.46 bits per heavy atom. The van der Waals surface area contributed by atoms with E-state index in [4.69, 9.17) is 0 Å². The van der Waals surface area contributed by atoms with Crippen molar-refractivity contribution in [1.29, 1.82) is 0 Å². The second-order valence-electron chi connectivity index (χ2n) is 5.42. The lowest BCUT2D eigenvalue weighted by molar-refractivity contribution is -0.132. The van der Waals surface area contributed by atoms with E-state index in [1.54, 1.807) is 0 Å². The average molecular weight is 332 g/mol. The topological polar surface area (TPSA) is 49.4 Å². The quantitative estimate of drug-likeness (QED) is 0.882. The maximum Gasteiger partial charge on any atom is 0.242 e. The zero-order valence-electron chi connectivity index (χ0n) is 13.3. The first-order valence-corrected chi connectivity index (χ1v) is 7.44. The number of benzene rings is 2. The normalized spacial score (nSPS) is 10.3. The molecular formula is C18H18F2N2O2. The minimum Gasteiger partial charge on any atom is -0.347 e. The number of carbonyl (C=O) groups excluding carboxylic acids is 2. The van der Waals surface area contributed by atoms with E-state index in [9.17, 15) is 18.4 Å². The van der Waals surface area contributed by atoms with Crippen molar-refractivity contribution < 1.29 is 18.4 Å². The van der Waals surface area contributed by atoms with Gasteiger partial charge in [-0.15, -0.1) is 0 Å². The molecule has 0 bridgehead atoms. The summed E-state index contributed by atoms with van der Waals surface area (Å²) >= 11 is 0. The van der Waals surface area contributed by atoms with Gasteiger partial charge < -0.3 is 10.2 Å². The molecule has 2 rings (SSSR count). The van der Waals surface area contributed by atoms with Crippen molar-refractivity contribution in [3.8, 4) is 0 Å². The van der Waals surface area contributed by atoms with E-state index in [1.807, 2.05) is 30.3 Å². The molecule has 6 heteroatoms. The number of nitrogens with one attached hydrogen (secondary N) is 1. The number of rotatable bonds is 6. The maximum atomic E-state index is 13.6. The van der Waals surface area contributed by atoms with E-state index in [1.165, 1.54) is 18.0 Å². The fraction of sp³-hybridized carbons (Fsp3) is 0.222. The third-order valence-corrected chi connectivity index (χ3v) is 3.49. The molecule has 1 N–H and O–H groups in total. The molecule has 126 valence electrons. The van der Waals surface area contributed by atoms with Crippen LogP contribution in [0.3, 0.4) is 0 Å². The van der Waals surface area contributed by atoms with Gasteiger partial charge >= 0.3 is 0 Å². The zero-order chi connectivity index (χ0) is 17.5. The van der Waals surface area contributed by atoms with E-state index in [0.717, 1.165) is 17.7 Å². The minimum absolute atomic E-state index is 0.000494. The molecule has 0 unspecified atom stereocenters. The zero-order valence-corrected chi connectivity index (χ0v) is 13.3. The Bertz CT molecular complexity index is 720. The lowest BCUT2D eigenvalue weighted by Gasteiger charge is -2.18. The van der Waals surface area contributed by atoms with Crippen LogP contribution >= 0.6 is 0 Å². The molecule has 0 spiro atoms. The van der Waals surface area contributed by atoms with Crippen molar-refractivity contribution in [1.82, 2.24) is 10.2 Å². The van der Waals surface area contributed by atoms with Gasteiger partial charge in [-0.25, -0.2) is 8.78 Å². The Morgan fingerprint density at radius 1 is 1.08 bits per heavy atom. The molecule has 0 heterocycles. The van der Waals surface area contributed by atoms with Gasteiger partial charge in [-0.05, 0) is 11.6 Å². The molecule has 0 aliphatic carbocycles. The van der Waals surface area contributed by atoms with Gasteiger partial charge in [0.1, 0.15) is 11.6 Å². The van der Waals surface area contributed by atoms with Crippen molar-refractivity contribution in [2.75, 3.05) is 13.6 Å². The summed E-state index contributed by atoms with van der Waals surface area (Å²) < 4.78 is 26.4. The highest BCUT2D eigenvalue weighted by Crippen LogP contribution is 2.11. The molecular weight excluding hydrogens is 314 g/mol. The number of nitrogens with zero attached hydrogens (tertiary/aromatic N) is 1. The summed E-state index contributed by atoms with van der Waals surface area (Å²) in [6.07, 6.45) is 0.185. The van der Waals surface area contributed by atoms with E-state index >= 15 is 0 Å². The predicted octanol–water partition coefficient (Wildman–Crippen LogP) is 2.28. The Labute approximate surface area is 139 Å². The largest absolute Gasteiger partial charge is 0.347 e. The standard InChI is InChI=1S/C18H18F2N2O2/c1-22(12-14-7-8-15(19)10-16(14)20)18(24)11-21-17(23)9-13-5-3-2-4-6-13/h2-8,10H,9,11-12H2,1H3,(H,21,23). The Balaban J connectivity index is 1.82. The van der Waals surface area contributed by atoms with Crippen molar-refractivity contribution in [3.63, 3.8) is 0 Å². The second-order valence-corrected chi connectivity index (χ2v) is 5.42. The molecule has 2 aromatic rings. The molecule has 0 fully saturated rings. The van der Waals surface area contributed by atoms with Gasteiger partial charge in [-0.1, -0.05) is 36.4 Å². The molecule has 2 aromatic carbocycles. The molecule has 0 saturated carbocycles. The number of hydrogen-bond donors (Lipinski definition) is 1. The third kappa shape index (κ3) is 5.15. The first-order valence-electron chi connectivity index (χ1n) is 7.44. The SMILES string of the molecule is CN(Cc1ccc(F)cc1F)C(=O)CNC(=O)Cc1ccccc1. The van der Waals surface area contributed by atoms with Crippen molar-refractivity contribution >= 4 is 11.8 Å². The molecule has 2 amide bonds. The summed E-state index contributed by atoms with van der Waals surface area (Å²) in [7, 11) is 1.49. The Morgan fingerprint density at radius 2 is 1.79 bits per heavy atom. The highest BCUT2D eigenvalue weighted by Gasteiger charge is 2.13. The monoisotopic (exact) mass is 332 g/mol. The van der Waals surface area contributed by atoms with Gasteiger partial charge in [0.05, 0.1) is 13.0 Å². The fourth-order valence-electron chi connectivity index (χ4n) is 2.15. The van der Waals surface area contributed by atoms with E-state index in [-0.39, 0.29) is 36.9 Å². The summed E-state index contributed by atoms with van der Waals surface area (Å²) in [5, 5.41) is 2.54. The van der Waals surface area contributed by atoms with E-state index < -0.39 is 11.6 Å². The summed E-state index contributed by atoms with van der Waals surface area (Å²) in [5.41, 5.74) is 1.06. The average Bonchev–Trinajstić information content (AvgIpc) is 2.56. The molecule has 0 atom stereocenters. The Hall–Kier alpha value is -2.76. The summed E-state index contributed by atoms with van der Waals surface area (Å²) in [4.78, 5) is 25.1. The van der Waals surface area contributed by atoms with Crippen LogP contribution in [0.2, 0.25) is 0 Å². The van der Waals surface area contributed by atoms with Gasteiger partial charge in [0.2, 0.25) is 11.8 Å². The van der Waals surface area contributed by atoms with E-state index in [2.05, 4.69) is 5.32 Å². The molecule has 24 heavy (non-hydrogen) atoms. The van der Waals surface area contributed by atoms with Crippen molar-refractivity contribution in [2.45, 2.75) is 13.0 Å². The summed E-state index contributed by atoms with van der Waals surface area (Å²) in [6, 6.07) is 12.4. The van der Waals surface area contributed by atoms with Gasteiger partial charge in [0.25, 0.3) is 0 Å². The molecule has 0 radical (unpaired) electrons. The van der Waals surface area contributed by atoms with Crippen LogP contribution < -0.4 is 5.32 Å². The van der Waals surface area contributed by atoms with E-state index in [0.29, 0.717) is 0 Å². The van der Waals surface area contributed by atoms with Crippen LogP contribution in [-0.2, 0) is 22.6 Å². The molecule has 0 saturated heterocycles. The highest BCUT2D eigenvalue weighted by molar-refractivity contribution is 5.85. The van der Waals surface area contributed by atoms with Crippen LogP contribution in [0, 0.1) is 11.6 Å². The molecule has 0 aromatic heterocycles. The van der Waals surface area contributed by atoms with Crippen LogP contribution in [0.15, 0.2) is 48.5 Å². The summed E-state index contributed by atoms with van der Waals surface area (Å²) in [6.45, 7) is -0.176. The lowest BCUT2D eigenvalue weighted by atomic mass is 10.1. The van der Waals surface area contributed by atoms with Gasteiger partial charge in [-0.3, -0.25) is 9.59 Å². The van der Waals surface area contributed by atoms with Gasteiger partial charge in [0.15, 0.2) is 0 Å². The number of amides is 2. The third-order valence-electron chi connectivity index (χ3n) is 3.49. The lowest BCUT2D eigenvalue weighted by Crippen LogP contribution is -2.38. The van der Waals surface area contributed by atoms with Gasteiger partial charge in [0, 0.05) is 25.2 Å². The van der Waals surface area contributed by atoms with Crippen LogP contribution in [0.1, 0.15) is 11.1 Å². The first kappa shape index (κ1) is 17.6. The maximum absolute atomic E-state index is 13.6. The number of carbonyl (C=O) groups is 2. The molecule has 4 nitrogen and oxygen atoms in total. The number of likely N-dealkylation sites (N-methyl/N-ethyl adjacent to an activating group) is 1. The van der Waals surface area contributed by atoms with Gasteiger partial charge in [-0.2, -0.15) is 0 Å². The van der Waals surface area contributed by atoms with Crippen LogP contribution in [0.4, 0.5) is 8.78 Å². The molecule has 0 aliphatic heterocycles. The van der Waals surface area contributed by atoms with Crippen molar-refractivity contribution in [2.24, 2.45) is 0 Å². The summed E-state index contributed by atoms with van der Waals surface area (Å²) in [5.74, 6) is -2.00. The Kier molecular flexibility index (Phi) is 6.01. The fourth-order valence-corrected chi connectivity index (χ4v) is 2.15. The number of halogens is 2. The second kappa shape index (κ2) is 8.19. The first-order chi connectivity index (χ1) is 11.5. The van der Waals surface area contributed by atoms with Crippen LogP contribution in [0.25, 0.3) is 0 Å². The smallest absolute Gasteiger partial charge is 0.242 e. The van der Waals surface area contributed by atoms with Crippen LogP contribution in [0.5, 0.6) is 0 Å². The van der Waals surface area contributed by atoms with Crippen LogP contribution in [-0.4, -0.2) is 30.3 Å². The van der Waals surface area contributed by atoms with Crippen molar-refractivity contribution in [3.05, 3.63) is 71.3 Å². The minimum atomic E-state index is -0.706. The highest BCUT2D eigenvalue weighted by atomic mass is 19.1. The molecule has 0 aliphatic rings.